The molecule has 0 bridgehead atoms. The number of rotatable bonds is 4. The Morgan fingerprint density at radius 3 is 2.57 bits per heavy atom. The highest BCUT2D eigenvalue weighted by molar-refractivity contribution is 5.61. The lowest BCUT2D eigenvalue weighted by molar-refractivity contribution is 0.777. The number of nitrogen functional groups attached to an aromatic ring is 1. The SMILES string of the molecule is CCCc1ccccc1-n1nnnc1-c1ccc(N)cc1. The molecule has 21 heavy (non-hydrogen) atoms. The standard InChI is InChI=1S/C16H17N5/c1-2-5-12-6-3-4-7-15(12)21-16(18-19-20-21)13-8-10-14(17)11-9-13/h3-4,6-11H,2,5,17H2,1H3. The highest BCUT2D eigenvalue weighted by atomic mass is 15.5. The minimum Gasteiger partial charge on any atom is -0.399 e. The number of para-hydroxylation sites is 1. The molecular formula is C16H17N5. The highest BCUT2D eigenvalue weighted by Crippen LogP contribution is 2.23. The number of nitrogens with two attached hydrogens (primary N) is 1. The smallest absolute Gasteiger partial charge is 0.187 e. The van der Waals surface area contributed by atoms with Crippen LogP contribution < -0.4 is 5.73 Å². The number of anilines is 1. The molecule has 2 aromatic carbocycles. The fraction of sp³-hybridized carbons (Fsp3) is 0.188. The summed E-state index contributed by atoms with van der Waals surface area (Å²) in [6, 6.07) is 15.8. The first-order chi connectivity index (χ1) is 10.3. The van der Waals surface area contributed by atoms with E-state index in [2.05, 4.69) is 28.5 Å². The Bertz CT molecular complexity index is 730. The van der Waals surface area contributed by atoms with Crippen molar-refractivity contribution in [2.24, 2.45) is 0 Å². The van der Waals surface area contributed by atoms with Crippen LogP contribution in [0.4, 0.5) is 5.69 Å². The minimum absolute atomic E-state index is 0.721. The van der Waals surface area contributed by atoms with Gasteiger partial charge in [-0.3, -0.25) is 0 Å². The zero-order valence-corrected chi connectivity index (χ0v) is 11.9. The van der Waals surface area contributed by atoms with E-state index in [9.17, 15) is 0 Å². The largest absolute Gasteiger partial charge is 0.399 e. The first kappa shape index (κ1) is 13.3. The van der Waals surface area contributed by atoms with Crippen molar-refractivity contribution in [2.45, 2.75) is 19.8 Å². The molecule has 1 aromatic heterocycles. The average molecular weight is 279 g/mol. The van der Waals surface area contributed by atoms with Crippen LogP contribution in [-0.4, -0.2) is 20.2 Å². The molecule has 0 aliphatic rings. The molecule has 0 amide bonds. The zero-order chi connectivity index (χ0) is 14.7. The Kier molecular flexibility index (Phi) is 3.64. The summed E-state index contributed by atoms with van der Waals surface area (Å²) in [4.78, 5) is 0. The van der Waals surface area contributed by atoms with E-state index in [1.165, 1.54) is 5.56 Å². The van der Waals surface area contributed by atoms with Gasteiger partial charge in [0.1, 0.15) is 0 Å². The van der Waals surface area contributed by atoms with Gasteiger partial charge in [0.05, 0.1) is 5.69 Å². The van der Waals surface area contributed by atoms with E-state index in [0.717, 1.165) is 35.6 Å². The zero-order valence-electron chi connectivity index (χ0n) is 11.9. The van der Waals surface area contributed by atoms with Crippen LogP contribution >= 0.6 is 0 Å². The van der Waals surface area contributed by atoms with E-state index in [-0.39, 0.29) is 0 Å². The molecule has 1 heterocycles. The number of hydrogen-bond acceptors (Lipinski definition) is 4. The lowest BCUT2D eigenvalue weighted by Gasteiger charge is -2.10. The molecule has 0 saturated carbocycles. The maximum atomic E-state index is 5.73. The van der Waals surface area contributed by atoms with Crippen molar-refractivity contribution >= 4 is 5.69 Å². The topological polar surface area (TPSA) is 69.6 Å². The highest BCUT2D eigenvalue weighted by Gasteiger charge is 2.13. The molecule has 0 aliphatic heterocycles. The van der Waals surface area contributed by atoms with Gasteiger partial charge in [-0.15, -0.1) is 5.10 Å². The fourth-order valence-corrected chi connectivity index (χ4v) is 2.36. The maximum Gasteiger partial charge on any atom is 0.187 e. The first-order valence-corrected chi connectivity index (χ1v) is 7.02. The van der Waals surface area contributed by atoms with Crippen LogP contribution in [-0.2, 0) is 6.42 Å². The van der Waals surface area contributed by atoms with Crippen LogP contribution in [0.5, 0.6) is 0 Å². The third-order valence-corrected chi connectivity index (χ3v) is 3.38. The summed E-state index contributed by atoms with van der Waals surface area (Å²) in [5.41, 5.74) is 9.67. The van der Waals surface area contributed by atoms with Crippen molar-refractivity contribution in [1.82, 2.24) is 20.2 Å². The van der Waals surface area contributed by atoms with Crippen LogP contribution in [0.25, 0.3) is 17.1 Å². The van der Waals surface area contributed by atoms with Gasteiger partial charge < -0.3 is 5.73 Å². The van der Waals surface area contributed by atoms with Gasteiger partial charge in [-0.05, 0) is 52.7 Å². The monoisotopic (exact) mass is 279 g/mol. The van der Waals surface area contributed by atoms with Crippen molar-refractivity contribution in [1.29, 1.82) is 0 Å². The van der Waals surface area contributed by atoms with Gasteiger partial charge in [0.15, 0.2) is 5.82 Å². The summed E-state index contributed by atoms with van der Waals surface area (Å²) >= 11 is 0. The molecule has 5 nitrogen and oxygen atoms in total. The Morgan fingerprint density at radius 2 is 1.81 bits per heavy atom. The molecule has 0 atom stereocenters. The number of aromatic nitrogens is 4. The normalized spacial score (nSPS) is 10.7. The number of nitrogens with zero attached hydrogens (tertiary/aromatic N) is 4. The Morgan fingerprint density at radius 1 is 1.05 bits per heavy atom. The quantitative estimate of drug-likeness (QED) is 0.745. The van der Waals surface area contributed by atoms with E-state index in [1.807, 2.05) is 42.5 Å². The molecule has 0 fully saturated rings. The fourth-order valence-electron chi connectivity index (χ4n) is 2.36. The van der Waals surface area contributed by atoms with E-state index in [1.54, 1.807) is 4.68 Å². The van der Waals surface area contributed by atoms with Gasteiger partial charge in [0.2, 0.25) is 0 Å². The second kappa shape index (κ2) is 5.75. The minimum atomic E-state index is 0.721. The van der Waals surface area contributed by atoms with Gasteiger partial charge in [0.25, 0.3) is 0 Å². The summed E-state index contributed by atoms with van der Waals surface area (Å²) in [5, 5.41) is 12.1. The van der Waals surface area contributed by atoms with Crippen molar-refractivity contribution in [3.8, 4) is 17.1 Å². The average Bonchev–Trinajstić information content (AvgIpc) is 2.98. The lowest BCUT2D eigenvalue weighted by Crippen LogP contribution is -2.04. The second-order valence-electron chi connectivity index (χ2n) is 4.92. The summed E-state index contributed by atoms with van der Waals surface area (Å²) in [6.45, 7) is 2.16. The molecule has 106 valence electrons. The van der Waals surface area contributed by atoms with Gasteiger partial charge in [-0.1, -0.05) is 31.5 Å². The molecular weight excluding hydrogens is 262 g/mol. The van der Waals surface area contributed by atoms with Gasteiger partial charge in [-0.25, -0.2) is 0 Å². The van der Waals surface area contributed by atoms with E-state index in [4.69, 9.17) is 5.73 Å². The first-order valence-electron chi connectivity index (χ1n) is 7.02. The van der Waals surface area contributed by atoms with Crippen LogP contribution in [0.3, 0.4) is 0 Å². The van der Waals surface area contributed by atoms with E-state index in [0.29, 0.717) is 0 Å². The van der Waals surface area contributed by atoms with Gasteiger partial charge >= 0.3 is 0 Å². The molecule has 2 N–H and O–H groups in total. The predicted octanol–water partition coefficient (Wildman–Crippen LogP) is 2.86. The molecule has 3 rings (SSSR count). The van der Waals surface area contributed by atoms with Crippen LogP contribution in [0.2, 0.25) is 0 Å². The Balaban J connectivity index is 2.09. The number of benzene rings is 2. The maximum absolute atomic E-state index is 5.73. The third-order valence-electron chi connectivity index (χ3n) is 3.38. The van der Waals surface area contributed by atoms with Gasteiger partial charge in [0, 0.05) is 11.3 Å². The predicted molar refractivity (Wildman–Crippen MR) is 83.0 cm³/mol. The molecule has 5 heteroatoms. The van der Waals surface area contributed by atoms with E-state index < -0.39 is 0 Å². The third kappa shape index (κ3) is 2.63. The van der Waals surface area contributed by atoms with Crippen molar-refractivity contribution < 1.29 is 0 Å². The lowest BCUT2D eigenvalue weighted by atomic mass is 10.1. The van der Waals surface area contributed by atoms with Gasteiger partial charge in [-0.2, -0.15) is 4.68 Å². The van der Waals surface area contributed by atoms with Crippen molar-refractivity contribution in [3.05, 3.63) is 54.1 Å². The number of tetrazole rings is 1. The number of hydrogen-bond donors (Lipinski definition) is 1. The molecule has 0 saturated heterocycles. The summed E-state index contributed by atoms with van der Waals surface area (Å²) < 4.78 is 1.79. The molecule has 0 unspecified atom stereocenters. The summed E-state index contributed by atoms with van der Waals surface area (Å²) in [7, 11) is 0. The molecule has 3 aromatic rings. The second-order valence-corrected chi connectivity index (χ2v) is 4.92. The molecule has 0 radical (unpaired) electrons. The summed E-state index contributed by atoms with van der Waals surface area (Å²) in [5.74, 6) is 0.721. The number of aryl methyl sites for hydroxylation is 1. The van der Waals surface area contributed by atoms with Crippen LogP contribution in [0.15, 0.2) is 48.5 Å². The Labute approximate surface area is 123 Å². The molecule has 0 spiro atoms. The summed E-state index contributed by atoms with van der Waals surface area (Å²) in [6.07, 6.45) is 2.08. The Hall–Kier alpha value is -2.69. The van der Waals surface area contributed by atoms with Crippen LogP contribution in [0.1, 0.15) is 18.9 Å². The van der Waals surface area contributed by atoms with Crippen molar-refractivity contribution in [2.75, 3.05) is 5.73 Å². The molecule has 0 aliphatic carbocycles. The van der Waals surface area contributed by atoms with E-state index >= 15 is 0 Å². The van der Waals surface area contributed by atoms with Crippen LogP contribution in [0, 0.1) is 0 Å². The van der Waals surface area contributed by atoms with Crippen molar-refractivity contribution in [3.63, 3.8) is 0 Å².